The zero-order valence-corrected chi connectivity index (χ0v) is 17.1. The molecule has 13 heteroatoms. The summed E-state index contributed by atoms with van der Waals surface area (Å²) in [4.78, 5) is 22.9. The molecule has 0 radical (unpaired) electrons. The van der Waals surface area contributed by atoms with E-state index in [0.29, 0.717) is 23.7 Å². The quantitative estimate of drug-likeness (QED) is 0.539. The van der Waals surface area contributed by atoms with Crippen LogP contribution in [0.3, 0.4) is 0 Å². The molecule has 8 nitrogen and oxygen atoms in total. The van der Waals surface area contributed by atoms with Gasteiger partial charge in [-0.3, -0.25) is 4.90 Å². The number of rotatable bonds is 6. The molecule has 1 N–H and O–H groups in total. The number of piperidine rings is 1. The van der Waals surface area contributed by atoms with Crippen LogP contribution >= 0.6 is 11.3 Å². The average molecular weight is 472 g/mol. The smallest absolute Gasteiger partial charge is 0.432 e. The van der Waals surface area contributed by atoms with Crippen molar-refractivity contribution in [3.63, 3.8) is 0 Å². The predicted molar refractivity (Wildman–Crippen MR) is 106 cm³/mol. The Balaban J connectivity index is 1.53. The summed E-state index contributed by atoms with van der Waals surface area (Å²) in [5.41, 5.74) is 0.488. The Morgan fingerprint density at radius 3 is 2.75 bits per heavy atom. The number of hydrogen-bond acceptors (Lipinski definition) is 7. The molecule has 1 amide bonds. The Morgan fingerprint density at radius 1 is 1.38 bits per heavy atom. The molecule has 3 aliphatic rings. The van der Waals surface area contributed by atoms with Gasteiger partial charge in [-0.15, -0.1) is 11.3 Å². The molecule has 0 saturated carbocycles. The topological polar surface area (TPSA) is 91.9 Å². The molecule has 2 aromatic heterocycles. The standard InChI is InChI=1S/C19H16F4N4O4S/c20-6-13(21)19(22,23)31-12-2-1-11(16-24-3-4-32-16)15-14(12)25-17(30-15)26-7-9-5-10(8-26)27(9)18(28)29/h1-4,9-10,13H,5-8H2,(H,28,29). The number of anilines is 1. The highest BCUT2D eigenvalue weighted by Gasteiger charge is 2.49. The molecule has 0 spiro atoms. The fourth-order valence-corrected chi connectivity index (χ4v) is 4.75. The maximum atomic E-state index is 14.0. The van der Waals surface area contributed by atoms with Crippen molar-refractivity contribution in [2.45, 2.75) is 30.8 Å². The Bertz CT molecular complexity index is 1150. The number of hydrogen-bond donors (Lipinski definition) is 1. The lowest BCUT2D eigenvalue weighted by molar-refractivity contribution is -0.221. The van der Waals surface area contributed by atoms with Crippen molar-refractivity contribution in [3.8, 4) is 16.3 Å². The van der Waals surface area contributed by atoms with Crippen molar-refractivity contribution >= 4 is 34.5 Å². The van der Waals surface area contributed by atoms with E-state index >= 15 is 0 Å². The molecule has 32 heavy (non-hydrogen) atoms. The van der Waals surface area contributed by atoms with Gasteiger partial charge in [0.1, 0.15) is 11.7 Å². The van der Waals surface area contributed by atoms with Crippen LogP contribution in [0.2, 0.25) is 0 Å². The maximum Gasteiger partial charge on any atom is 0.432 e. The molecular weight excluding hydrogens is 456 g/mol. The monoisotopic (exact) mass is 472 g/mol. The van der Waals surface area contributed by atoms with E-state index in [2.05, 4.69) is 14.7 Å². The van der Waals surface area contributed by atoms with E-state index in [1.54, 1.807) is 16.5 Å². The predicted octanol–water partition coefficient (Wildman–Crippen LogP) is 4.17. The van der Waals surface area contributed by atoms with E-state index in [1.165, 1.54) is 28.4 Å². The van der Waals surface area contributed by atoms with E-state index in [1.807, 2.05) is 0 Å². The highest BCUT2D eigenvalue weighted by molar-refractivity contribution is 7.13. The van der Waals surface area contributed by atoms with E-state index in [9.17, 15) is 27.5 Å². The third-order valence-electron chi connectivity index (χ3n) is 5.59. The summed E-state index contributed by atoms with van der Waals surface area (Å²) in [6.45, 7) is -1.26. The van der Waals surface area contributed by atoms with Crippen LogP contribution in [0.5, 0.6) is 5.75 Å². The first-order chi connectivity index (χ1) is 15.3. The number of halogens is 4. The van der Waals surface area contributed by atoms with E-state index in [0.717, 1.165) is 6.42 Å². The van der Waals surface area contributed by atoms with Crippen molar-refractivity contribution in [3.05, 3.63) is 23.7 Å². The van der Waals surface area contributed by atoms with Crippen molar-refractivity contribution in [1.29, 1.82) is 0 Å². The highest BCUT2D eigenvalue weighted by Crippen LogP contribution is 2.41. The molecule has 3 saturated heterocycles. The first-order valence-corrected chi connectivity index (χ1v) is 10.5. The van der Waals surface area contributed by atoms with Crippen LogP contribution in [0, 0.1) is 0 Å². The average Bonchev–Trinajstić information content (AvgIpc) is 3.43. The molecule has 3 aliphatic heterocycles. The molecule has 2 bridgehead atoms. The molecule has 3 unspecified atom stereocenters. The Hall–Kier alpha value is -3.09. The van der Waals surface area contributed by atoms with Crippen molar-refractivity contribution in [2.75, 3.05) is 24.7 Å². The van der Waals surface area contributed by atoms with Gasteiger partial charge in [0, 0.05) is 24.7 Å². The Kier molecular flexibility index (Phi) is 4.87. The molecule has 3 aromatic rings. The van der Waals surface area contributed by atoms with Crippen LogP contribution in [-0.4, -0.2) is 70.2 Å². The summed E-state index contributed by atoms with van der Waals surface area (Å²) in [5, 5.41) is 11.5. The number of oxazole rings is 1. The summed E-state index contributed by atoms with van der Waals surface area (Å²) in [6, 6.07) is 2.26. The summed E-state index contributed by atoms with van der Waals surface area (Å²) in [6.07, 6.45) is -6.26. The lowest BCUT2D eigenvalue weighted by atomic mass is 9.88. The number of benzene rings is 1. The molecule has 3 atom stereocenters. The molecule has 6 rings (SSSR count). The van der Waals surface area contributed by atoms with E-state index in [4.69, 9.17) is 4.42 Å². The fourth-order valence-electron chi connectivity index (χ4n) is 4.09. The van der Waals surface area contributed by atoms with Gasteiger partial charge in [0.25, 0.3) is 6.01 Å². The second-order valence-electron chi connectivity index (χ2n) is 7.55. The van der Waals surface area contributed by atoms with Crippen molar-refractivity contribution < 1.29 is 36.6 Å². The molecule has 170 valence electrons. The minimum Gasteiger partial charge on any atom is -0.465 e. The second kappa shape index (κ2) is 7.50. The minimum atomic E-state index is -4.40. The summed E-state index contributed by atoms with van der Waals surface area (Å²) in [7, 11) is 0. The molecule has 1 aromatic carbocycles. The number of alkyl halides is 4. The maximum absolute atomic E-state index is 14.0. The van der Waals surface area contributed by atoms with Gasteiger partial charge in [-0.05, 0) is 18.6 Å². The first-order valence-electron chi connectivity index (χ1n) is 9.65. The fraction of sp³-hybridized carbons (Fsp3) is 0.421. The van der Waals surface area contributed by atoms with Gasteiger partial charge in [0.05, 0.1) is 17.6 Å². The highest BCUT2D eigenvalue weighted by atomic mass is 32.1. The van der Waals surface area contributed by atoms with Gasteiger partial charge in [-0.1, -0.05) is 0 Å². The lowest BCUT2D eigenvalue weighted by Crippen LogP contribution is -2.70. The third-order valence-corrected chi connectivity index (χ3v) is 6.40. The van der Waals surface area contributed by atoms with Crippen LogP contribution in [0.1, 0.15) is 6.42 Å². The Labute approximate surface area is 182 Å². The van der Waals surface area contributed by atoms with Crippen molar-refractivity contribution in [1.82, 2.24) is 14.9 Å². The van der Waals surface area contributed by atoms with E-state index in [-0.39, 0.29) is 29.2 Å². The van der Waals surface area contributed by atoms with Crippen LogP contribution in [0.25, 0.3) is 21.7 Å². The molecular formula is C19H16F4N4O4S. The van der Waals surface area contributed by atoms with Crippen LogP contribution in [0.4, 0.5) is 28.4 Å². The minimum absolute atomic E-state index is 0.0900. The van der Waals surface area contributed by atoms with Gasteiger partial charge < -0.3 is 19.2 Å². The van der Waals surface area contributed by atoms with Crippen LogP contribution < -0.4 is 9.64 Å². The van der Waals surface area contributed by atoms with Gasteiger partial charge >= 0.3 is 12.2 Å². The number of fused-ring (bicyclic) bond motifs is 3. The zero-order valence-electron chi connectivity index (χ0n) is 16.3. The molecule has 5 heterocycles. The first kappa shape index (κ1) is 20.8. The van der Waals surface area contributed by atoms with Gasteiger partial charge in [-0.25, -0.2) is 18.6 Å². The number of piperazine rings is 1. The Morgan fingerprint density at radius 2 is 2.12 bits per heavy atom. The number of nitrogens with zero attached hydrogens (tertiary/aromatic N) is 4. The number of carbonyl (C=O) groups is 1. The zero-order chi connectivity index (χ0) is 22.6. The van der Waals surface area contributed by atoms with Crippen molar-refractivity contribution in [2.24, 2.45) is 0 Å². The summed E-state index contributed by atoms with van der Waals surface area (Å²) >= 11 is 1.29. The summed E-state index contributed by atoms with van der Waals surface area (Å²) in [5.74, 6) is -0.467. The number of amides is 1. The van der Waals surface area contributed by atoms with Crippen LogP contribution in [-0.2, 0) is 0 Å². The second-order valence-corrected chi connectivity index (χ2v) is 8.44. The number of ether oxygens (including phenoxy) is 1. The number of carboxylic acid groups (broad SMARTS) is 1. The normalized spacial score (nSPS) is 21.5. The summed E-state index contributed by atoms with van der Waals surface area (Å²) < 4.78 is 64.2. The van der Waals surface area contributed by atoms with Gasteiger partial charge in [-0.2, -0.15) is 13.8 Å². The number of thiazole rings is 1. The third kappa shape index (κ3) is 3.31. The van der Waals surface area contributed by atoms with Gasteiger partial charge in [0.15, 0.2) is 16.8 Å². The number of aromatic nitrogens is 2. The molecule has 3 fully saturated rings. The van der Waals surface area contributed by atoms with Gasteiger partial charge in [0.2, 0.25) is 6.17 Å². The van der Waals surface area contributed by atoms with Crippen LogP contribution in [0.15, 0.2) is 28.1 Å². The largest absolute Gasteiger partial charge is 0.465 e. The molecule has 0 aliphatic carbocycles. The lowest BCUT2D eigenvalue weighted by Gasteiger charge is -2.54. The SMILES string of the molecule is O=C(O)N1C2CC1CN(c1nc3c(OC(F)(F)C(F)CF)ccc(-c4nccs4)c3o1)C2. The van der Waals surface area contributed by atoms with E-state index < -0.39 is 30.8 Å².